The van der Waals surface area contributed by atoms with Crippen LogP contribution in [0.3, 0.4) is 0 Å². The molecule has 0 amide bonds. The Labute approximate surface area is 413 Å². The number of hydrogen-bond acceptors (Lipinski definition) is 28. The summed E-state index contributed by atoms with van der Waals surface area (Å²) < 4.78 is 60.8. The summed E-state index contributed by atoms with van der Waals surface area (Å²) in [6, 6.07) is 4.28. The summed E-state index contributed by atoms with van der Waals surface area (Å²) in [5, 5.41) is 171. The van der Waals surface area contributed by atoms with E-state index in [-0.39, 0.29) is 35.3 Å². The van der Waals surface area contributed by atoms with Gasteiger partial charge in [0.25, 0.3) is 0 Å². The Kier molecular flexibility index (Phi) is 21.1. The molecule has 0 unspecified atom stereocenters. The van der Waals surface area contributed by atoms with Crippen LogP contribution in [0.2, 0.25) is 0 Å². The zero-order valence-electron chi connectivity index (χ0n) is 37.0. The first-order chi connectivity index (χ1) is 32.2. The molecule has 0 aliphatic carbocycles. The molecule has 5 fully saturated rings. The smallest absolute Gasteiger partial charge is 0.862 e. The number of aliphatic hydroxyl groups excluding tert-OH is 14. The molecule has 1 aromatic rings. The summed E-state index contributed by atoms with van der Waals surface area (Å²) in [5.74, 6) is -2.06. The van der Waals surface area contributed by atoms with Crippen molar-refractivity contribution in [2.75, 3.05) is 33.5 Å². The van der Waals surface area contributed by atoms with E-state index in [2.05, 4.69) is 4.99 Å². The molecule has 25 atom stereocenters. The Morgan fingerprint density at radius 1 is 0.551 bits per heavy atom. The average Bonchev–Trinajstić information content (AvgIpc) is 3.31. The first-order valence-corrected chi connectivity index (χ1v) is 21.2. The van der Waals surface area contributed by atoms with Gasteiger partial charge in [0.05, 0.1) is 33.5 Å². The number of ether oxygens (including phenoxy) is 11. The van der Waals surface area contributed by atoms with Crippen LogP contribution in [-0.4, -0.2) is 275 Å². The van der Waals surface area contributed by atoms with Crippen molar-refractivity contribution in [3.8, 4) is 11.5 Å². The second kappa shape index (κ2) is 25.2. The Balaban J connectivity index is 0.00000888. The standard InChI is InChI=1S/C39H59NO28.Na/c1-11(43)40-18-22(47)31(66-38-28(53)23(48)19(44)14(7-41)62-38)15(8-42)63-35(18)59-9-16-20(45)25(50)29(54)39(65-16)67-32-26(51)30(55)36(68-33(32)34(56)57)60-10-17-21(46)24(49)27(52)37(64-17)61-13-5-3-12(58-2)4-6-13;/h3-6,14-33,35-39,41-42,44-55H,7-10H2,1-2H3,(H,40,43)(H,56,57);/q;+1/p-1/t14-,15-,16-,17-,18-,19+,20+,21+,22-,23+,24+,25+,26-,27-,28-,29-,30-,31-,32+,33+,35-,36-,37-,38+,39-;/m1./s1. The van der Waals surface area contributed by atoms with Gasteiger partial charge in [-0.25, -0.2) is 4.79 Å². The predicted molar refractivity (Wildman–Crippen MR) is 209 cm³/mol. The van der Waals surface area contributed by atoms with Crippen molar-refractivity contribution in [3.05, 3.63) is 24.3 Å². The van der Waals surface area contributed by atoms with E-state index in [1.54, 1.807) is 0 Å². The predicted octanol–water partition coefficient (Wildman–Crippen LogP) is -12.9. The van der Waals surface area contributed by atoms with Gasteiger partial charge in [-0.2, -0.15) is 0 Å². The number of aliphatic imine (C=N–C) groups is 1. The zero-order valence-corrected chi connectivity index (χ0v) is 39.0. The summed E-state index contributed by atoms with van der Waals surface area (Å²) in [7, 11) is 1.44. The van der Waals surface area contributed by atoms with E-state index in [4.69, 9.17) is 52.1 Å². The molecule has 6 rings (SSSR count). The van der Waals surface area contributed by atoms with Gasteiger partial charge < -0.3 is 134 Å². The Morgan fingerprint density at radius 2 is 0.986 bits per heavy atom. The van der Waals surface area contributed by atoms with Crippen molar-refractivity contribution in [3.63, 3.8) is 0 Å². The monoisotopic (exact) mass is 1010 g/mol. The van der Waals surface area contributed by atoms with Gasteiger partial charge in [0.15, 0.2) is 31.3 Å². The van der Waals surface area contributed by atoms with Gasteiger partial charge in [-0.15, -0.1) is 0 Å². The third kappa shape index (κ3) is 13.0. The first kappa shape index (κ1) is 57.7. The first-order valence-electron chi connectivity index (χ1n) is 21.2. The van der Waals surface area contributed by atoms with Gasteiger partial charge in [-0.3, -0.25) is 4.99 Å². The second-order valence-corrected chi connectivity index (χ2v) is 16.5. The molecule has 0 radical (unpaired) electrons. The van der Waals surface area contributed by atoms with Crippen LogP contribution in [0, 0.1) is 0 Å². The molecule has 5 heterocycles. The Morgan fingerprint density at radius 3 is 1.49 bits per heavy atom. The minimum absolute atomic E-state index is 0. The molecule has 0 bridgehead atoms. The minimum atomic E-state index is -2.24. The molecule has 5 saturated heterocycles. The number of carboxylic acid groups (broad SMARTS) is 1. The van der Waals surface area contributed by atoms with Crippen molar-refractivity contribution in [2.45, 2.75) is 160 Å². The maximum absolute atomic E-state index is 12.5. The van der Waals surface area contributed by atoms with Crippen molar-refractivity contribution in [1.82, 2.24) is 0 Å². The number of aliphatic hydroxyl groups is 14. The molecule has 1 aromatic carbocycles. The van der Waals surface area contributed by atoms with Crippen LogP contribution in [0.15, 0.2) is 29.3 Å². The van der Waals surface area contributed by atoms with E-state index in [1.165, 1.54) is 31.4 Å². The van der Waals surface area contributed by atoms with Crippen LogP contribution in [0.25, 0.3) is 0 Å². The number of nitrogens with zero attached hydrogens (tertiary/aromatic N) is 1. The molecule has 30 heteroatoms. The van der Waals surface area contributed by atoms with Crippen LogP contribution >= 0.6 is 0 Å². The maximum atomic E-state index is 12.5. The number of carboxylic acids is 1. The number of carbonyl (C=O) groups is 1. The van der Waals surface area contributed by atoms with Crippen molar-refractivity contribution in [2.24, 2.45) is 4.99 Å². The van der Waals surface area contributed by atoms with Crippen LogP contribution in [-0.2, 0) is 47.4 Å². The van der Waals surface area contributed by atoms with Gasteiger partial charge in [0.1, 0.15) is 127 Å². The number of rotatable bonds is 17. The summed E-state index contributed by atoms with van der Waals surface area (Å²) in [5.41, 5.74) is 0. The molecule has 5 aliphatic rings. The third-order valence-electron chi connectivity index (χ3n) is 11.9. The SMILES string of the molecule is COc1ccc(O[C@@H]2O[C@H](CO[C@@H]3O[C@H](C(=O)O)[C@@H](O[C@H]4O[C@H](CO[C@@H]5O[C@H](CO)[C@@H](O[C@@H]6O[C@H](CO)[C@H](O)[C@H](O)[C@H]6O)[C@H](O)[C@H]5N=C(C)[O-])[C@H](O)[C@H](O)[C@H]4O)[C@H](O)[C@H]3O)[C@H](O)[C@H](O)[C@H]2O)cc1.[Na+]. The summed E-state index contributed by atoms with van der Waals surface area (Å²) in [6.07, 6.45) is -45.3. The molecule has 29 nitrogen and oxygen atoms in total. The summed E-state index contributed by atoms with van der Waals surface area (Å²) in [6.45, 7) is -2.40. The zero-order chi connectivity index (χ0) is 49.9. The van der Waals surface area contributed by atoms with E-state index in [0.717, 1.165) is 6.92 Å². The van der Waals surface area contributed by atoms with Crippen LogP contribution in [0.4, 0.5) is 0 Å². The van der Waals surface area contributed by atoms with Crippen molar-refractivity contribution in [1.29, 1.82) is 0 Å². The second-order valence-electron chi connectivity index (χ2n) is 16.5. The fraction of sp³-hybridized carbons (Fsp3) is 0.795. The van der Waals surface area contributed by atoms with Crippen LogP contribution in [0.5, 0.6) is 11.5 Å². The molecule has 0 spiro atoms. The van der Waals surface area contributed by atoms with E-state index in [9.17, 15) is 86.5 Å². The van der Waals surface area contributed by atoms with Crippen molar-refractivity contribution < 1.29 is 168 Å². The van der Waals surface area contributed by atoms with Crippen LogP contribution < -0.4 is 44.1 Å². The van der Waals surface area contributed by atoms with Gasteiger partial charge >= 0.3 is 35.5 Å². The number of benzene rings is 1. The molecule has 69 heavy (non-hydrogen) atoms. The Bertz CT molecular complexity index is 1790. The molecular weight excluding hydrogens is 953 g/mol. The van der Waals surface area contributed by atoms with Gasteiger partial charge in [0.2, 0.25) is 6.29 Å². The van der Waals surface area contributed by atoms with Gasteiger partial charge in [0, 0.05) is 0 Å². The fourth-order valence-corrected chi connectivity index (χ4v) is 8.01. The van der Waals surface area contributed by atoms with E-state index in [0.29, 0.717) is 5.75 Å². The number of methoxy groups -OCH3 is 1. The van der Waals surface area contributed by atoms with Gasteiger partial charge in [-0.1, -0.05) is 0 Å². The molecule has 0 aromatic heterocycles. The largest absolute Gasteiger partial charge is 1.00 e. The quantitative estimate of drug-likeness (QED) is 0.0391. The third-order valence-corrected chi connectivity index (χ3v) is 11.9. The minimum Gasteiger partial charge on any atom is -0.862 e. The van der Waals surface area contributed by atoms with Crippen LogP contribution in [0.1, 0.15) is 6.92 Å². The Hall–Kier alpha value is -2.16. The normalized spacial score (nSPS) is 45.3. The van der Waals surface area contributed by atoms with Gasteiger partial charge in [-0.05, 0) is 37.1 Å². The molecule has 5 aliphatic heterocycles. The molecule has 0 saturated carbocycles. The maximum Gasteiger partial charge on any atom is 1.00 e. The number of hydrogen-bond donors (Lipinski definition) is 15. The molecule has 15 N–H and O–H groups in total. The van der Waals surface area contributed by atoms with E-state index < -0.39 is 192 Å². The van der Waals surface area contributed by atoms with E-state index >= 15 is 0 Å². The molecular formula is C39H58NNaO28. The van der Waals surface area contributed by atoms with E-state index in [1.807, 2.05) is 0 Å². The number of aliphatic carboxylic acids is 1. The summed E-state index contributed by atoms with van der Waals surface area (Å²) in [4.78, 5) is 16.2. The topological polar surface area (TPSA) is 457 Å². The fourth-order valence-electron chi connectivity index (χ4n) is 8.01. The molecule has 388 valence electrons. The summed E-state index contributed by atoms with van der Waals surface area (Å²) >= 11 is 0. The van der Waals surface area contributed by atoms with Crippen molar-refractivity contribution >= 4 is 11.9 Å². The average molecular weight is 1010 g/mol.